The molecule has 2 nitrogen and oxygen atoms in total. The van der Waals surface area contributed by atoms with Crippen LogP contribution >= 0.6 is 15.9 Å². The molecule has 0 radical (unpaired) electrons. The summed E-state index contributed by atoms with van der Waals surface area (Å²) >= 11 is 3.16. The number of alkyl halides is 1. The lowest BCUT2D eigenvalue weighted by Crippen LogP contribution is -2.12. The molecule has 0 unspecified atom stereocenters. The number of ether oxygens (including phenoxy) is 1. The molecule has 2 aromatic rings. The number of rotatable bonds is 3. The second-order valence-electron chi connectivity index (χ2n) is 6.37. The van der Waals surface area contributed by atoms with Gasteiger partial charge in [-0.05, 0) is 17.0 Å². The Morgan fingerprint density at radius 1 is 0.920 bits per heavy atom. The Morgan fingerprint density at radius 3 is 1.84 bits per heavy atom. The lowest BCUT2D eigenvalue weighted by atomic mass is 9.86. The zero-order valence-corrected chi connectivity index (χ0v) is 15.1. The molecule has 0 heterocycles. The van der Waals surface area contributed by atoms with Gasteiger partial charge in [0.05, 0.1) is 0 Å². The Labute approximate surface area is 149 Å². The van der Waals surface area contributed by atoms with Gasteiger partial charge in [-0.2, -0.15) is 8.78 Å². The summed E-state index contributed by atoms with van der Waals surface area (Å²) in [5.41, 5.74) is 0.559. The summed E-state index contributed by atoms with van der Waals surface area (Å²) in [6, 6.07) is 2.94. The van der Waals surface area contributed by atoms with Gasteiger partial charge < -0.3 is 9.84 Å². The maximum absolute atomic E-state index is 13.8. The Bertz CT molecular complexity index is 802. The molecule has 2 rings (SSSR count). The monoisotopic (exact) mass is 424 g/mol. The number of phenolic OH excluding ortho intramolecular Hbond substituents is 1. The third kappa shape index (κ3) is 3.58. The number of phenols is 1. The highest BCUT2D eigenvalue weighted by Gasteiger charge is 2.29. The number of halogens is 6. The van der Waals surface area contributed by atoms with Gasteiger partial charge in [0.15, 0.2) is 11.5 Å². The molecule has 0 amide bonds. The highest BCUT2D eigenvalue weighted by Crippen LogP contribution is 2.41. The molecular weight excluding hydrogens is 411 g/mol. The molecule has 25 heavy (non-hydrogen) atoms. The first kappa shape index (κ1) is 19.5. The minimum absolute atomic E-state index is 0.191. The highest BCUT2D eigenvalue weighted by atomic mass is 79.9. The van der Waals surface area contributed by atoms with Crippen molar-refractivity contribution < 1.29 is 31.8 Å². The Balaban J connectivity index is 2.66. The van der Waals surface area contributed by atoms with E-state index in [1.54, 1.807) is 6.07 Å². The maximum atomic E-state index is 13.8. The van der Waals surface area contributed by atoms with Crippen LogP contribution in [0.5, 0.6) is 17.2 Å². The van der Waals surface area contributed by atoms with Crippen molar-refractivity contribution in [1.29, 1.82) is 0 Å². The van der Waals surface area contributed by atoms with E-state index < -0.39 is 51.7 Å². The summed E-state index contributed by atoms with van der Waals surface area (Å²) in [5, 5.41) is 10.3. The van der Waals surface area contributed by atoms with E-state index in [2.05, 4.69) is 15.9 Å². The Morgan fingerprint density at radius 2 is 1.40 bits per heavy atom. The summed E-state index contributed by atoms with van der Waals surface area (Å²) in [7, 11) is 0. The number of benzene rings is 2. The van der Waals surface area contributed by atoms with Gasteiger partial charge in [0.2, 0.25) is 34.8 Å². The van der Waals surface area contributed by atoms with Crippen LogP contribution < -0.4 is 4.74 Å². The van der Waals surface area contributed by atoms with Gasteiger partial charge in [0.1, 0.15) is 0 Å². The largest absolute Gasteiger partial charge is 0.504 e. The van der Waals surface area contributed by atoms with Crippen molar-refractivity contribution in [1.82, 2.24) is 0 Å². The fourth-order valence-corrected chi connectivity index (χ4v) is 2.49. The van der Waals surface area contributed by atoms with Gasteiger partial charge in [-0.3, -0.25) is 0 Å². The van der Waals surface area contributed by atoms with E-state index in [1.807, 2.05) is 20.8 Å². The minimum Gasteiger partial charge on any atom is -0.504 e. The number of aromatic hydroxyl groups is 1. The average Bonchev–Trinajstić information content (AvgIpc) is 2.55. The standard InChI is InChI=1S/C17H14BrF5O2/c1-17(2,3)8-4-7(6-18)15(24)9(5-8)25-16-13(22)11(20)10(19)12(21)14(16)23/h4-5,24H,6H2,1-3H3. The summed E-state index contributed by atoms with van der Waals surface area (Å²) < 4.78 is 72.2. The van der Waals surface area contributed by atoms with E-state index in [4.69, 9.17) is 4.74 Å². The highest BCUT2D eigenvalue weighted by molar-refractivity contribution is 9.08. The van der Waals surface area contributed by atoms with Crippen LogP contribution in [-0.4, -0.2) is 5.11 Å². The molecular formula is C17H14BrF5O2. The minimum atomic E-state index is -2.28. The zero-order valence-electron chi connectivity index (χ0n) is 13.5. The van der Waals surface area contributed by atoms with Crippen LogP contribution in [0.4, 0.5) is 22.0 Å². The Hall–Kier alpha value is -1.83. The van der Waals surface area contributed by atoms with Crippen LogP contribution in [0.2, 0.25) is 0 Å². The van der Waals surface area contributed by atoms with E-state index in [1.165, 1.54) is 6.07 Å². The molecule has 136 valence electrons. The van der Waals surface area contributed by atoms with Crippen molar-refractivity contribution in [3.05, 3.63) is 52.3 Å². The third-order valence-corrected chi connectivity index (χ3v) is 4.15. The van der Waals surface area contributed by atoms with Crippen LogP contribution in [-0.2, 0) is 10.7 Å². The Kier molecular flexibility index (Phi) is 5.32. The predicted molar refractivity (Wildman–Crippen MR) is 85.7 cm³/mol. The molecule has 0 saturated heterocycles. The number of hydrogen-bond acceptors (Lipinski definition) is 2. The van der Waals surface area contributed by atoms with E-state index >= 15 is 0 Å². The topological polar surface area (TPSA) is 29.5 Å². The van der Waals surface area contributed by atoms with Crippen LogP contribution in [0.15, 0.2) is 12.1 Å². The molecule has 0 spiro atoms. The smallest absolute Gasteiger partial charge is 0.207 e. The first-order valence-corrected chi connectivity index (χ1v) is 8.22. The fraction of sp³-hybridized carbons (Fsp3) is 0.294. The second-order valence-corrected chi connectivity index (χ2v) is 6.93. The molecule has 0 bridgehead atoms. The van der Waals surface area contributed by atoms with Gasteiger partial charge in [-0.25, -0.2) is 13.2 Å². The van der Waals surface area contributed by atoms with Crippen molar-refractivity contribution >= 4 is 15.9 Å². The lowest BCUT2D eigenvalue weighted by Gasteiger charge is -2.22. The van der Waals surface area contributed by atoms with E-state index in [9.17, 15) is 27.1 Å². The van der Waals surface area contributed by atoms with Gasteiger partial charge in [-0.15, -0.1) is 0 Å². The summed E-state index contributed by atoms with van der Waals surface area (Å²) in [5.74, 6) is -13.1. The van der Waals surface area contributed by atoms with Crippen LogP contribution in [0, 0.1) is 29.1 Å². The third-order valence-electron chi connectivity index (χ3n) is 3.55. The molecule has 0 aliphatic heterocycles. The normalized spacial score (nSPS) is 11.7. The molecule has 0 atom stereocenters. The molecule has 1 N–H and O–H groups in total. The van der Waals surface area contributed by atoms with Crippen molar-refractivity contribution in [2.45, 2.75) is 31.5 Å². The SMILES string of the molecule is CC(C)(C)c1cc(CBr)c(O)c(Oc2c(F)c(F)c(F)c(F)c2F)c1. The molecule has 2 aromatic carbocycles. The lowest BCUT2D eigenvalue weighted by molar-refractivity contribution is 0.323. The molecule has 0 saturated carbocycles. The van der Waals surface area contributed by atoms with Gasteiger partial charge in [0.25, 0.3) is 0 Å². The van der Waals surface area contributed by atoms with Gasteiger partial charge in [0, 0.05) is 10.9 Å². The fourth-order valence-electron chi connectivity index (χ4n) is 2.06. The molecule has 0 fully saturated rings. The van der Waals surface area contributed by atoms with E-state index in [0.717, 1.165) is 0 Å². The first-order valence-electron chi connectivity index (χ1n) is 7.10. The van der Waals surface area contributed by atoms with E-state index in [-0.39, 0.29) is 5.33 Å². The molecule has 0 aliphatic carbocycles. The van der Waals surface area contributed by atoms with Crippen molar-refractivity contribution in [2.24, 2.45) is 0 Å². The molecule has 8 heteroatoms. The average molecular weight is 425 g/mol. The van der Waals surface area contributed by atoms with Crippen molar-refractivity contribution in [3.63, 3.8) is 0 Å². The van der Waals surface area contributed by atoms with Crippen molar-refractivity contribution in [2.75, 3.05) is 0 Å². The van der Waals surface area contributed by atoms with Crippen LogP contribution in [0.25, 0.3) is 0 Å². The zero-order chi connectivity index (χ0) is 19.1. The van der Waals surface area contributed by atoms with Gasteiger partial charge in [-0.1, -0.05) is 42.8 Å². The van der Waals surface area contributed by atoms with Crippen molar-refractivity contribution in [3.8, 4) is 17.2 Å². The first-order chi connectivity index (χ1) is 11.5. The summed E-state index contributed by atoms with van der Waals surface area (Å²) in [6.07, 6.45) is 0. The summed E-state index contributed by atoms with van der Waals surface area (Å²) in [4.78, 5) is 0. The quantitative estimate of drug-likeness (QED) is 0.280. The second kappa shape index (κ2) is 6.82. The molecule has 0 aromatic heterocycles. The van der Waals surface area contributed by atoms with E-state index in [0.29, 0.717) is 11.1 Å². The maximum Gasteiger partial charge on any atom is 0.207 e. The number of hydrogen-bond donors (Lipinski definition) is 1. The van der Waals surface area contributed by atoms with Crippen LogP contribution in [0.3, 0.4) is 0 Å². The van der Waals surface area contributed by atoms with Crippen LogP contribution in [0.1, 0.15) is 31.9 Å². The predicted octanol–water partition coefficient (Wildman–Crippen LogP) is 6.07. The summed E-state index contributed by atoms with van der Waals surface area (Å²) in [6.45, 7) is 5.54. The van der Waals surface area contributed by atoms with Gasteiger partial charge >= 0.3 is 0 Å². The molecule has 0 aliphatic rings.